The van der Waals surface area contributed by atoms with Gasteiger partial charge in [-0.1, -0.05) is 0 Å². The second kappa shape index (κ2) is 5.69. The molecule has 0 aliphatic rings. The van der Waals surface area contributed by atoms with Crippen LogP contribution in [0.5, 0.6) is 0 Å². The number of hydrogen-bond donors (Lipinski definition) is 2. The summed E-state index contributed by atoms with van der Waals surface area (Å²) in [6.45, 7) is 1.92. The Kier molecular flexibility index (Phi) is 3.78. The number of fused-ring (bicyclic) bond motifs is 1. The number of carbonyl (C=O) groups excluding carboxylic acids is 1. The molecule has 2 N–H and O–H groups in total. The van der Waals surface area contributed by atoms with Gasteiger partial charge in [0.2, 0.25) is 0 Å². The average molecular weight is 256 g/mol. The number of nitrogens with one attached hydrogen (secondary N) is 2. The zero-order valence-electron chi connectivity index (χ0n) is 10.3. The highest BCUT2D eigenvalue weighted by Crippen LogP contribution is 2.16. The van der Waals surface area contributed by atoms with Crippen LogP contribution < -0.4 is 5.32 Å². The average Bonchev–Trinajstić information content (AvgIpc) is 2.87. The molecule has 0 aliphatic heterocycles. The Morgan fingerprint density at radius 2 is 2.47 bits per heavy atom. The predicted molar refractivity (Wildman–Crippen MR) is 70.0 cm³/mol. The van der Waals surface area contributed by atoms with E-state index in [-0.39, 0.29) is 12.2 Å². The lowest BCUT2D eigenvalue weighted by Crippen LogP contribution is -2.07. The van der Waals surface area contributed by atoms with Gasteiger partial charge in [-0.3, -0.25) is 5.10 Å². The standard InChI is InChI=1S/C13H12N4O2/c1-2-19-13(18)10(6-14)7-15-11-3-4-12-9(5-11)8-16-17-12/h3-5,7-8,15H,2H2,1H3,(H,16,17)/b10-7+. The molecule has 0 atom stereocenters. The first-order chi connectivity index (χ1) is 9.24. The van der Waals surface area contributed by atoms with Gasteiger partial charge in [-0.2, -0.15) is 10.4 Å². The third-order valence-corrected chi connectivity index (χ3v) is 2.44. The molecule has 0 saturated carbocycles. The first-order valence-corrected chi connectivity index (χ1v) is 5.71. The normalized spacial score (nSPS) is 11.1. The van der Waals surface area contributed by atoms with Crippen LogP contribution in [0.2, 0.25) is 0 Å². The predicted octanol–water partition coefficient (Wildman–Crippen LogP) is 1.95. The van der Waals surface area contributed by atoms with E-state index in [1.54, 1.807) is 19.2 Å². The minimum atomic E-state index is -0.637. The van der Waals surface area contributed by atoms with Crippen molar-refractivity contribution in [3.8, 4) is 6.07 Å². The van der Waals surface area contributed by atoms with Gasteiger partial charge >= 0.3 is 5.97 Å². The van der Waals surface area contributed by atoms with Gasteiger partial charge in [-0.05, 0) is 25.1 Å². The Labute approximate surface area is 109 Å². The van der Waals surface area contributed by atoms with Crippen LogP contribution in [-0.2, 0) is 9.53 Å². The van der Waals surface area contributed by atoms with E-state index in [9.17, 15) is 4.79 Å². The van der Waals surface area contributed by atoms with Crippen molar-refractivity contribution in [2.75, 3.05) is 11.9 Å². The molecule has 0 spiro atoms. The summed E-state index contributed by atoms with van der Waals surface area (Å²) in [4.78, 5) is 11.4. The molecule has 6 heteroatoms. The molecule has 6 nitrogen and oxygen atoms in total. The van der Waals surface area contributed by atoms with Gasteiger partial charge in [0.05, 0.1) is 18.3 Å². The van der Waals surface area contributed by atoms with Gasteiger partial charge < -0.3 is 10.1 Å². The topological polar surface area (TPSA) is 90.8 Å². The molecule has 0 amide bonds. The maximum Gasteiger partial charge on any atom is 0.350 e. The largest absolute Gasteiger partial charge is 0.462 e. The number of anilines is 1. The molecule has 1 aromatic heterocycles. The van der Waals surface area contributed by atoms with Gasteiger partial charge in [-0.15, -0.1) is 0 Å². The molecule has 1 aromatic carbocycles. The Bertz CT molecular complexity index is 667. The molecular formula is C13H12N4O2. The summed E-state index contributed by atoms with van der Waals surface area (Å²) in [5.41, 5.74) is 1.60. The van der Waals surface area contributed by atoms with Crippen LogP contribution in [0.4, 0.5) is 5.69 Å². The number of aromatic nitrogens is 2. The number of rotatable bonds is 4. The molecule has 0 bridgehead atoms. The van der Waals surface area contributed by atoms with E-state index in [2.05, 4.69) is 15.5 Å². The minimum absolute atomic E-state index is 0.0749. The number of hydrogen-bond acceptors (Lipinski definition) is 5. The highest BCUT2D eigenvalue weighted by Gasteiger charge is 2.09. The van der Waals surface area contributed by atoms with Crippen molar-refractivity contribution < 1.29 is 9.53 Å². The van der Waals surface area contributed by atoms with E-state index in [0.29, 0.717) is 0 Å². The molecule has 2 aromatic rings. The van der Waals surface area contributed by atoms with Crippen molar-refractivity contribution in [1.29, 1.82) is 5.26 Å². The van der Waals surface area contributed by atoms with Gasteiger partial charge in [0.1, 0.15) is 6.07 Å². The second-order valence-electron chi connectivity index (χ2n) is 3.71. The lowest BCUT2D eigenvalue weighted by molar-refractivity contribution is -0.138. The number of benzene rings is 1. The number of nitrogens with zero attached hydrogens (tertiary/aromatic N) is 2. The molecule has 0 saturated heterocycles. The monoisotopic (exact) mass is 256 g/mol. The highest BCUT2D eigenvalue weighted by molar-refractivity contribution is 5.93. The third kappa shape index (κ3) is 2.90. The lowest BCUT2D eigenvalue weighted by Gasteiger charge is -2.02. The molecule has 2 rings (SSSR count). The van der Waals surface area contributed by atoms with Crippen LogP contribution >= 0.6 is 0 Å². The van der Waals surface area contributed by atoms with Gasteiger partial charge in [0, 0.05) is 17.3 Å². The molecule has 1 heterocycles. The van der Waals surface area contributed by atoms with Crippen molar-refractivity contribution in [3.05, 3.63) is 36.2 Å². The Morgan fingerprint density at radius 1 is 1.63 bits per heavy atom. The Hall–Kier alpha value is -2.81. The molecule has 0 radical (unpaired) electrons. The van der Waals surface area contributed by atoms with Crippen LogP contribution in [0.15, 0.2) is 36.2 Å². The van der Waals surface area contributed by atoms with Crippen LogP contribution in [0.25, 0.3) is 10.9 Å². The van der Waals surface area contributed by atoms with Gasteiger partial charge in [0.25, 0.3) is 0 Å². The quantitative estimate of drug-likeness (QED) is 0.495. The first kappa shape index (κ1) is 12.6. The smallest absolute Gasteiger partial charge is 0.350 e. The fourth-order valence-electron chi connectivity index (χ4n) is 1.53. The molecule has 0 aliphatic carbocycles. The van der Waals surface area contributed by atoms with Crippen molar-refractivity contribution in [3.63, 3.8) is 0 Å². The summed E-state index contributed by atoms with van der Waals surface area (Å²) in [5.74, 6) is -0.637. The van der Waals surface area contributed by atoms with Gasteiger partial charge in [-0.25, -0.2) is 4.79 Å². The molecule has 0 fully saturated rings. The van der Waals surface area contributed by atoms with E-state index < -0.39 is 5.97 Å². The number of aromatic amines is 1. The van der Waals surface area contributed by atoms with Gasteiger partial charge in [0.15, 0.2) is 5.57 Å². The van der Waals surface area contributed by atoms with Crippen LogP contribution in [-0.4, -0.2) is 22.8 Å². The summed E-state index contributed by atoms with van der Waals surface area (Å²) in [5, 5.41) is 19.4. The molecule has 96 valence electrons. The van der Waals surface area contributed by atoms with E-state index in [1.165, 1.54) is 6.20 Å². The van der Waals surface area contributed by atoms with Crippen LogP contribution in [0, 0.1) is 11.3 Å². The zero-order valence-corrected chi connectivity index (χ0v) is 10.3. The van der Waals surface area contributed by atoms with Crippen molar-refractivity contribution >= 4 is 22.6 Å². The summed E-state index contributed by atoms with van der Waals surface area (Å²) >= 11 is 0. The number of H-pyrrole nitrogens is 1. The third-order valence-electron chi connectivity index (χ3n) is 2.44. The minimum Gasteiger partial charge on any atom is -0.462 e. The number of carbonyl (C=O) groups is 1. The Balaban J connectivity index is 2.15. The first-order valence-electron chi connectivity index (χ1n) is 5.71. The maximum absolute atomic E-state index is 11.4. The van der Waals surface area contributed by atoms with Crippen LogP contribution in [0.3, 0.4) is 0 Å². The zero-order chi connectivity index (χ0) is 13.7. The van der Waals surface area contributed by atoms with E-state index in [0.717, 1.165) is 16.6 Å². The second-order valence-corrected chi connectivity index (χ2v) is 3.71. The SMILES string of the molecule is CCOC(=O)/C(C#N)=C/Nc1ccc2[nH]ncc2c1. The number of esters is 1. The van der Waals surface area contributed by atoms with Crippen LogP contribution in [0.1, 0.15) is 6.92 Å². The van der Waals surface area contributed by atoms with E-state index in [1.807, 2.05) is 18.2 Å². The van der Waals surface area contributed by atoms with E-state index >= 15 is 0 Å². The Morgan fingerprint density at radius 3 is 3.21 bits per heavy atom. The lowest BCUT2D eigenvalue weighted by atomic mass is 10.2. The highest BCUT2D eigenvalue weighted by atomic mass is 16.5. The molecular weight excluding hydrogens is 244 g/mol. The molecule has 19 heavy (non-hydrogen) atoms. The summed E-state index contributed by atoms with van der Waals surface area (Å²) in [7, 11) is 0. The van der Waals surface area contributed by atoms with Crippen molar-refractivity contribution in [2.24, 2.45) is 0 Å². The maximum atomic E-state index is 11.4. The van der Waals surface area contributed by atoms with E-state index in [4.69, 9.17) is 10.00 Å². The number of nitriles is 1. The summed E-state index contributed by atoms with van der Waals surface area (Å²) in [6.07, 6.45) is 3.03. The summed E-state index contributed by atoms with van der Waals surface area (Å²) < 4.78 is 4.76. The fraction of sp³-hybridized carbons (Fsp3) is 0.154. The fourth-order valence-corrected chi connectivity index (χ4v) is 1.53. The number of ether oxygens (including phenoxy) is 1. The van der Waals surface area contributed by atoms with Crippen molar-refractivity contribution in [2.45, 2.75) is 6.92 Å². The van der Waals surface area contributed by atoms with Crippen molar-refractivity contribution in [1.82, 2.24) is 10.2 Å². The summed E-state index contributed by atoms with van der Waals surface area (Å²) in [6, 6.07) is 7.32. The molecule has 0 unspecified atom stereocenters.